The molecule has 1 aliphatic heterocycles. The van der Waals surface area contributed by atoms with Crippen LogP contribution in [0.3, 0.4) is 0 Å². The van der Waals surface area contributed by atoms with E-state index in [4.69, 9.17) is 0 Å². The van der Waals surface area contributed by atoms with Crippen molar-refractivity contribution in [2.45, 2.75) is 57.3 Å². The van der Waals surface area contributed by atoms with Crippen LogP contribution in [0, 0.1) is 17.8 Å². The predicted molar refractivity (Wildman–Crippen MR) is 85.3 cm³/mol. The largest absolute Gasteiger partial charge is 0.342 e. The normalized spacial score (nSPS) is 32.9. The average molecular weight is 301 g/mol. The van der Waals surface area contributed by atoms with Crippen LogP contribution in [-0.4, -0.2) is 34.1 Å². The van der Waals surface area contributed by atoms with Crippen molar-refractivity contribution >= 4 is 5.91 Å². The summed E-state index contributed by atoms with van der Waals surface area (Å²) < 4.78 is 0. The Morgan fingerprint density at radius 3 is 2.82 bits per heavy atom. The highest BCUT2D eigenvalue weighted by Crippen LogP contribution is 2.50. The topological polar surface area (TPSA) is 49.0 Å². The van der Waals surface area contributed by atoms with E-state index in [-0.39, 0.29) is 0 Å². The molecule has 4 rings (SSSR count). The summed E-state index contributed by atoms with van der Waals surface area (Å²) in [6, 6.07) is 2.06. The zero-order valence-corrected chi connectivity index (χ0v) is 13.3. The van der Waals surface area contributed by atoms with Gasteiger partial charge in [-0.15, -0.1) is 0 Å². The average Bonchev–Trinajstić information content (AvgIpc) is 3.19. The Labute approximate surface area is 132 Å². The van der Waals surface area contributed by atoms with Gasteiger partial charge in [0.05, 0.1) is 0 Å². The molecule has 120 valence electrons. The Hall–Kier alpha value is -1.32. The summed E-state index contributed by atoms with van der Waals surface area (Å²) in [6.07, 6.45) is 12.2. The van der Waals surface area contributed by atoms with Crippen LogP contribution in [0.2, 0.25) is 0 Å². The molecule has 0 bridgehead atoms. The number of nitrogens with one attached hydrogen (secondary N) is 1. The van der Waals surface area contributed by atoms with E-state index in [0.29, 0.717) is 23.7 Å². The third-order valence-corrected chi connectivity index (χ3v) is 6.11. The van der Waals surface area contributed by atoms with Crippen molar-refractivity contribution in [1.29, 1.82) is 0 Å². The van der Waals surface area contributed by atoms with Gasteiger partial charge in [0.1, 0.15) is 0 Å². The fraction of sp³-hybridized carbons (Fsp3) is 0.778. The standard InChI is InChI=1S/C18H27N3O/c22-18(16-11-15(16)13-5-2-1-3-6-13)21-10-4-7-14(12-21)17-8-9-19-20-17/h8-9,13-16H,1-7,10-12H2,(H,19,20)/t14-,15-,16+/m0/s1. The third kappa shape index (κ3) is 2.80. The molecule has 4 nitrogen and oxygen atoms in total. The molecule has 0 aromatic carbocycles. The van der Waals surface area contributed by atoms with Crippen molar-refractivity contribution < 1.29 is 4.79 Å². The minimum atomic E-state index is 0.351. The number of H-pyrrole nitrogens is 1. The van der Waals surface area contributed by atoms with E-state index < -0.39 is 0 Å². The van der Waals surface area contributed by atoms with Crippen molar-refractivity contribution in [3.63, 3.8) is 0 Å². The summed E-state index contributed by atoms with van der Waals surface area (Å²) in [5.74, 6) is 2.80. The van der Waals surface area contributed by atoms with E-state index in [1.165, 1.54) is 44.2 Å². The quantitative estimate of drug-likeness (QED) is 0.931. The van der Waals surface area contributed by atoms with Gasteiger partial charge in [0.2, 0.25) is 5.91 Å². The molecule has 1 N–H and O–H groups in total. The molecule has 0 unspecified atom stereocenters. The van der Waals surface area contributed by atoms with E-state index in [1.54, 1.807) is 0 Å². The first kappa shape index (κ1) is 14.3. The first-order valence-corrected chi connectivity index (χ1v) is 9.11. The number of likely N-dealkylation sites (tertiary alicyclic amines) is 1. The van der Waals surface area contributed by atoms with Crippen LogP contribution in [0.15, 0.2) is 12.3 Å². The van der Waals surface area contributed by atoms with Crippen LogP contribution < -0.4 is 0 Å². The number of carbonyl (C=O) groups is 1. The SMILES string of the molecule is O=C([C@@H]1C[C@H]1C1CCCCC1)N1CCC[C@H](c2ccn[nH]2)C1. The van der Waals surface area contributed by atoms with Crippen molar-refractivity contribution in [2.24, 2.45) is 17.8 Å². The smallest absolute Gasteiger partial charge is 0.226 e. The zero-order valence-electron chi connectivity index (χ0n) is 13.3. The molecule has 3 atom stereocenters. The van der Waals surface area contributed by atoms with Gasteiger partial charge in [-0.1, -0.05) is 32.1 Å². The zero-order chi connectivity index (χ0) is 14.9. The van der Waals surface area contributed by atoms with Crippen molar-refractivity contribution in [1.82, 2.24) is 15.1 Å². The van der Waals surface area contributed by atoms with E-state index in [2.05, 4.69) is 21.2 Å². The fourth-order valence-electron chi connectivity index (χ4n) is 4.74. The number of nitrogens with zero attached hydrogens (tertiary/aromatic N) is 2. The molecule has 3 aliphatic rings. The number of carbonyl (C=O) groups excluding carboxylic acids is 1. The van der Waals surface area contributed by atoms with Crippen LogP contribution in [0.5, 0.6) is 0 Å². The minimum Gasteiger partial charge on any atom is -0.342 e. The Kier molecular flexibility index (Phi) is 3.93. The molecule has 2 saturated carbocycles. The Morgan fingerprint density at radius 2 is 2.05 bits per heavy atom. The van der Waals surface area contributed by atoms with Gasteiger partial charge in [-0.05, 0) is 37.2 Å². The Morgan fingerprint density at radius 1 is 1.18 bits per heavy atom. The number of amides is 1. The highest BCUT2D eigenvalue weighted by atomic mass is 16.2. The van der Waals surface area contributed by atoms with E-state index in [9.17, 15) is 4.79 Å². The summed E-state index contributed by atoms with van der Waals surface area (Å²) in [4.78, 5) is 15.0. The fourth-order valence-corrected chi connectivity index (χ4v) is 4.74. The lowest BCUT2D eigenvalue weighted by atomic mass is 9.85. The minimum absolute atomic E-state index is 0.351. The van der Waals surface area contributed by atoms with Gasteiger partial charge in [-0.2, -0.15) is 5.10 Å². The molecule has 4 heteroatoms. The molecule has 1 amide bonds. The summed E-state index contributed by atoms with van der Waals surface area (Å²) >= 11 is 0. The molecular formula is C18H27N3O. The lowest BCUT2D eigenvalue weighted by Gasteiger charge is -2.33. The maximum absolute atomic E-state index is 12.8. The van der Waals surface area contributed by atoms with Gasteiger partial charge in [0, 0.05) is 36.8 Å². The van der Waals surface area contributed by atoms with Gasteiger partial charge in [-0.3, -0.25) is 9.89 Å². The van der Waals surface area contributed by atoms with Gasteiger partial charge < -0.3 is 4.90 Å². The highest BCUT2D eigenvalue weighted by molar-refractivity contribution is 5.82. The molecule has 3 fully saturated rings. The number of hydrogen-bond acceptors (Lipinski definition) is 2. The molecule has 0 spiro atoms. The Balaban J connectivity index is 1.35. The van der Waals surface area contributed by atoms with Crippen molar-refractivity contribution in [2.75, 3.05) is 13.1 Å². The highest BCUT2D eigenvalue weighted by Gasteiger charge is 2.49. The molecule has 2 aliphatic carbocycles. The number of rotatable bonds is 3. The molecule has 0 radical (unpaired) electrons. The molecule has 2 heterocycles. The summed E-state index contributed by atoms with van der Waals surface area (Å²) in [7, 11) is 0. The molecule has 1 aromatic rings. The van der Waals surface area contributed by atoms with Crippen LogP contribution >= 0.6 is 0 Å². The molecule has 22 heavy (non-hydrogen) atoms. The second kappa shape index (κ2) is 6.05. The van der Waals surface area contributed by atoms with E-state index >= 15 is 0 Å². The van der Waals surface area contributed by atoms with Gasteiger partial charge in [0.25, 0.3) is 0 Å². The van der Waals surface area contributed by atoms with Gasteiger partial charge in [0.15, 0.2) is 0 Å². The summed E-state index contributed by atoms with van der Waals surface area (Å²) in [5, 5.41) is 7.14. The lowest BCUT2D eigenvalue weighted by molar-refractivity contribution is -0.134. The van der Waals surface area contributed by atoms with Gasteiger partial charge >= 0.3 is 0 Å². The second-order valence-corrected chi connectivity index (χ2v) is 7.54. The third-order valence-electron chi connectivity index (χ3n) is 6.11. The summed E-state index contributed by atoms with van der Waals surface area (Å²) in [5.41, 5.74) is 1.19. The molecule has 1 saturated heterocycles. The second-order valence-electron chi connectivity index (χ2n) is 7.54. The number of aromatic amines is 1. The Bertz CT molecular complexity index is 506. The van der Waals surface area contributed by atoms with Gasteiger partial charge in [-0.25, -0.2) is 0 Å². The van der Waals surface area contributed by atoms with Crippen LogP contribution in [0.25, 0.3) is 0 Å². The van der Waals surface area contributed by atoms with E-state index in [1.807, 2.05) is 6.20 Å². The maximum Gasteiger partial charge on any atom is 0.226 e. The number of aromatic nitrogens is 2. The lowest BCUT2D eigenvalue weighted by Crippen LogP contribution is -2.40. The molecule has 1 aromatic heterocycles. The van der Waals surface area contributed by atoms with Crippen molar-refractivity contribution in [3.8, 4) is 0 Å². The number of piperidine rings is 1. The monoisotopic (exact) mass is 301 g/mol. The van der Waals surface area contributed by atoms with Crippen molar-refractivity contribution in [3.05, 3.63) is 18.0 Å². The first-order valence-electron chi connectivity index (χ1n) is 9.11. The first-order chi connectivity index (χ1) is 10.8. The van der Waals surface area contributed by atoms with E-state index in [0.717, 1.165) is 31.8 Å². The summed E-state index contributed by atoms with van der Waals surface area (Å²) in [6.45, 7) is 1.84. The molecular weight excluding hydrogens is 274 g/mol. The van der Waals surface area contributed by atoms with Crippen LogP contribution in [0.1, 0.15) is 63.0 Å². The van der Waals surface area contributed by atoms with Crippen LogP contribution in [0.4, 0.5) is 0 Å². The predicted octanol–water partition coefficient (Wildman–Crippen LogP) is 3.33. The number of hydrogen-bond donors (Lipinski definition) is 1. The maximum atomic E-state index is 12.8. The van der Waals surface area contributed by atoms with Crippen LogP contribution in [-0.2, 0) is 4.79 Å².